The molecule has 30 heavy (non-hydrogen) atoms. The van der Waals surface area contributed by atoms with Gasteiger partial charge >= 0.3 is 0 Å². The van der Waals surface area contributed by atoms with Crippen molar-refractivity contribution in [3.05, 3.63) is 42.2 Å². The Hall–Kier alpha value is -2.73. The third-order valence-corrected chi connectivity index (χ3v) is 6.08. The van der Waals surface area contributed by atoms with E-state index in [0.717, 1.165) is 35.1 Å². The molecule has 4 rings (SSSR count). The number of hydrogen-bond donors (Lipinski definition) is 2. The molecular formula is C24H31N5O. The zero-order valence-electron chi connectivity index (χ0n) is 18.7. The highest BCUT2D eigenvalue weighted by Gasteiger charge is 2.39. The normalized spacial score (nSPS) is 18.5. The van der Waals surface area contributed by atoms with E-state index < -0.39 is 0 Å². The number of phenols is 1. The molecule has 0 atom stereocenters. The minimum Gasteiger partial charge on any atom is -0.507 e. The van der Waals surface area contributed by atoms with E-state index in [1.54, 1.807) is 12.3 Å². The Kier molecular flexibility index (Phi) is 4.93. The van der Waals surface area contributed by atoms with Crippen molar-refractivity contribution in [2.24, 2.45) is 0 Å². The number of fused-ring (bicyclic) bond motifs is 1. The topological polar surface area (TPSA) is 74.2 Å². The number of nitrogens with one attached hydrogen (secondary N) is 1. The monoisotopic (exact) mass is 405 g/mol. The van der Waals surface area contributed by atoms with Crippen LogP contribution in [0.4, 0.5) is 5.82 Å². The van der Waals surface area contributed by atoms with E-state index in [1.165, 1.54) is 0 Å². The Morgan fingerprint density at radius 3 is 2.37 bits per heavy atom. The number of rotatable bonds is 3. The van der Waals surface area contributed by atoms with E-state index in [2.05, 4.69) is 60.1 Å². The van der Waals surface area contributed by atoms with Gasteiger partial charge in [-0.1, -0.05) is 0 Å². The number of nitrogens with zero attached hydrogens (tertiary/aromatic N) is 4. The fourth-order valence-corrected chi connectivity index (χ4v) is 4.95. The fourth-order valence-electron chi connectivity index (χ4n) is 4.95. The van der Waals surface area contributed by atoms with Gasteiger partial charge in [-0.25, -0.2) is 0 Å². The summed E-state index contributed by atoms with van der Waals surface area (Å²) in [6, 6.07) is 9.90. The molecule has 2 N–H and O–H groups in total. The summed E-state index contributed by atoms with van der Waals surface area (Å²) >= 11 is 0. The Labute approximate surface area is 178 Å². The molecule has 1 aliphatic heterocycles. The van der Waals surface area contributed by atoms with Gasteiger partial charge in [0.25, 0.3) is 0 Å². The van der Waals surface area contributed by atoms with Crippen molar-refractivity contribution >= 4 is 16.6 Å². The maximum atomic E-state index is 10.5. The van der Waals surface area contributed by atoms with Gasteiger partial charge in [-0.15, -0.1) is 10.2 Å². The molecule has 158 valence electrons. The van der Waals surface area contributed by atoms with Gasteiger partial charge in [0.1, 0.15) is 5.75 Å². The molecule has 2 aromatic heterocycles. The summed E-state index contributed by atoms with van der Waals surface area (Å²) in [5.41, 5.74) is 2.38. The van der Waals surface area contributed by atoms with Crippen LogP contribution in [0.1, 0.15) is 46.2 Å². The smallest absolute Gasteiger partial charge is 0.151 e. The van der Waals surface area contributed by atoms with Crippen LogP contribution in [0.25, 0.3) is 22.0 Å². The molecule has 1 aromatic carbocycles. The summed E-state index contributed by atoms with van der Waals surface area (Å²) < 4.78 is 0. The van der Waals surface area contributed by atoms with Crippen LogP contribution in [0, 0.1) is 6.92 Å². The fraction of sp³-hybridized carbons (Fsp3) is 0.458. The molecule has 0 spiro atoms. The van der Waals surface area contributed by atoms with Crippen molar-refractivity contribution < 1.29 is 5.11 Å². The third-order valence-electron chi connectivity index (χ3n) is 6.08. The predicted molar refractivity (Wildman–Crippen MR) is 122 cm³/mol. The van der Waals surface area contributed by atoms with Crippen LogP contribution < -0.4 is 10.2 Å². The van der Waals surface area contributed by atoms with Gasteiger partial charge < -0.3 is 15.3 Å². The molecule has 3 aromatic rings. The summed E-state index contributed by atoms with van der Waals surface area (Å²) in [6.45, 7) is 11.0. The summed E-state index contributed by atoms with van der Waals surface area (Å²) in [5.74, 6) is 1.04. The van der Waals surface area contributed by atoms with Crippen LogP contribution >= 0.6 is 0 Å². The summed E-state index contributed by atoms with van der Waals surface area (Å²) in [7, 11) is 2.09. The standard InChI is InChI=1S/C24H31N5O/c1-15-18-12-19(21(30)11-16(18)9-10-25-15)20-7-8-22(27-26-20)29(6)17-13-23(2,3)28-24(4,5)14-17/h7-12,17,28,30H,13-14H2,1-6H3. The van der Waals surface area contributed by atoms with Gasteiger partial charge in [0.15, 0.2) is 5.82 Å². The first kappa shape index (κ1) is 20.5. The quantitative estimate of drug-likeness (QED) is 0.671. The van der Waals surface area contributed by atoms with E-state index in [0.29, 0.717) is 17.3 Å². The minimum atomic E-state index is 0.0663. The lowest BCUT2D eigenvalue weighted by Gasteiger charge is -2.49. The highest BCUT2D eigenvalue weighted by molar-refractivity contribution is 5.91. The number of hydrogen-bond acceptors (Lipinski definition) is 6. The molecule has 0 unspecified atom stereocenters. The van der Waals surface area contributed by atoms with Crippen molar-refractivity contribution in [1.82, 2.24) is 20.5 Å². The first-order valence-corrected chi connectivity index (χ1v) is 10.5. The van der Waals surface area contributed by atoms with E-state index >= 15 is 0 Å². The molecule has 6 heteroatoms. The maximum absolute atomic E-state index is 10.5. The maximum Gasteiger partial charge on any atom is 0.151 e. The Morgan fingerprint density at radius 1 is 1.03 bits per heavy atom. The Balaban J connectivity index is 1.62. The number of piperidine rings is 1. The van der Waals surface area contributed by atoms with E-state index in [4.69, 9.17) is 0 Å². The highest BCUT2D eigenvalue weighted by atomic mass is 16.3. The number of anilines is 1. The van der Waals surface area contributed by atoms with Crippen molar-refractivity contribution in [3.8, 4) is 17.0 Å². The third kappa shape index (κ3) is 3.97. The first-order chi connectivity index (χ1) is 14.0. The Bertz CT molecular complexity index is 1060. The number of phenolic OH excluding ortho intramolecular Hbond substituents is 1. The van der Waals surface area contributed by atoms with Crippen LogP contribution in [0.15, 0.2) is 36.5 Å². The van der Waals surface area contributed by atoms with Crippen molar-refractivity contribution in [1.29, 1.82) is 0 Å². The number of aromatic hydroxyl groups is 1. The first-order valence-electron chi connectivity index (χ1n) is 10.5. The van der Waals surface area contributed by atoms with Gasteiger partial charge in [-0.3, -0.25) is 4.98 Å². The average molecular weight is 406 g/mol. The SMILES string of the molecule is Cc1nccc2cc(O)c(-c3ccc(N(C)C4CC(C)(C)NC(C)(C)C4)nn3)cc12. The minimum absolute atomic E-state index is 0.0663. The van der Waals surface area contributed by atoms with Gasteiger partial charge in [0, 0.05) is 47.0 Å². The second-order valence-corrected chi connectivity index (χ2v) is 9.83. The van der Waals surface area contributed by atoms with Crippen LogP contribution in [0.2, 0.25) is 0 Å². The van der Waals surface area contributed by atoms with Gasteiger partial charge in [-0.2, -0.15) is 0 Å². The lowest BCUT2D eigenvalue weighted by Crippen LogP contribution is -2.62. The zero-order chi connectivity index (χ0) is 21.7. The van der Waals surface area contributed by atoms with Gasteiger partial charge in [0.2, 0.25) is 0 Å². The number of aryl methyl sites for hydroxylation is 1. The lowest BCUT2D eigenvalue weighted by atomic mass is 9.79. The van der Waals surface area contributed by atoms with Crippen molar-refractivity contribution in [2.75, 3.05) is 11.9 Å². The van der Waals surface area contributed by atoms with Crippen LogP contribution in [0.3, 0.4) is 0 Å². The second-order valence-electron chi connectivity index (χ2n) is 9.83. The number of aromatic nitrogens is 3. The molecule has 1 aliphatic rings. The number of pyridine rings is 1. The van der Waals surface area contributed by atoms with Gasteiger partial charge in [-0.05, 0) is 83.2 Å². The van der Waals surface area contributed by atoms with E-state index in [9.17, 15) is 5.11 Å². The highest BCUT2D eigenvalue weighted by Crippen LogP contribution is 2.35. The molecule has 1 saturated heterocycles. The summed E-state index contributed by atoms with van der Waals surface area (Å²) in [6.07, 6.45) is 3.83. The van der Waals surface area contributed by atoms with Crippen molar-refractivity contribution in [2.45, 2.75) is 64.6 Å². The van der Waals surface area contributed by atoms with E-state index in [1.807, 2.05) is 31.2 Å². The molecular weight excluding hydrogens is 374 g/mol. The Morgan fingerprint density at radius 2 is 1.73 bits per heavy atom. The summed E-state index contributed by atoms with van der Waals surface area (Å²) in [4.78, 5) is 6.59. The predicted octanol–water partition coefficient (Wildman–Crippen LogP) is 4.45. The van der Waals surface area contributed by atoms with Gasteiger partial charge in [0.05, 0.1) is 5.69 Å². The zero-order valence-corrected chi connectivity index (χ0v) is 18.7. The molecule has 0 saturated carbocycles. The second kappa shape index (κ2) is 7.20. The molecule has 0 bridgehead atoms. The molecule has 0 radical (unpaired) electrons. The summed E-state index contributed by atoms with van der Waals surface area (Å²) in [5, 5.41) is 25.2. The van der Waals surface area contributed by atoms with Crippen LogP contribution in [-0.4, -0.2) is 44.5 Å². The molecule has 1 fully saturated rings. The molecule has 0 aliphatic carbocycles. The molecule has 3 heterocycles. The van der Waals surface area contributed by atoms with Crippen molar-refractivity contribution in [3.63, 3.8) is 0 Å². The van der Waals surface area contributed by atoms with Crippen LogP contribution in [-0.2, 0) is 0 Å². The number of benzene rings is 1. The van der Waals surface area contributed by atoms with E-state index in [-0.39, 0.29) is 16.8 Å². The largest absolute Gasteiger partial charge is 0.507 e. The molecule has 0 amide bonds. The average Bonchev–Trinajstić information content (AvgIpc) is 2.65. The molecule has 6 nitrogen and oxygen atoms in total. The van der Waals surface area contributed by atoms with Crippen LogP contribution in [0.5, 0.6) is 5.75 Å². The lowest BCUT2D eigenvalue weighted by molar-refractivity contribution is 0.160.